The standard InChI is InChI=1S/C19H27N3O2S.HI/c1-4-20-19(21-12-14(2)11-16-8-6-10-25-16)22-13-15-7-5-9-17(24-3)18(15)23;/h5-10,14,23H,4,11-13H2,1-3H3,(H2,20,21,22);1H. The first-order chi connectivity index (χ1) is 12.1. The molecule has 2 rings (SSSR count). The Labute approximate surface area is 176 Å². The highest BCUT2D eigenvalue weighted by atomic mass is 127. The number of hydrogen-bond acceptors (Lipinski definition) is 4. The highest BCUT2D eigenvalue weighted by molar-refractivity contribution is 14.0. The number of para-hydroxylation sites is 1. The van der Waals surface area contributed by atoms with Gasteiger partial charge >= 0.3 is 0 Å². The molecule has 0 aliphatic carbocycles. The summed E-state index contributed by atoms with van der Waals surface area (Å²) in [5.74, 6) is 1.88. The van der Waals surface area contributed by atoms with Crippen LogP contribution in [0, 0.1) is 5.92 Å². The van der Waals surface area contributed by atoms with Crippen molar-refractivity contribution in [2.24, 2.45) is 10.9 Å². The molecular weight excluding hydrogens is 461 g/mol. The summed E-state index contributed by atoms with van der Waals surface area (Å²) in [5.41, 5.74) is 0.739. The molecule has 0 radical (unpaired) electrons. The lowest BCUT2D eigenvalue weighted by molar-refractivity contribution is 0.370. The van der Waals surface area contributed by atoms with Gasteiger partial charge in [-0.15, -0.1) is 35.3 Å². The molecule has 1 atom stereocenters. The van der Waals surface area contributed by atoms with Gasteiger partial charge in [-0.3, -0.25) is 0 Å². The number of halogens is 1. The van der Waals surface area contributed by atoms with Gasteiger partial charge in [0.25, 0.3) is 0 Å². The molecule has 0 amide bonds. The Morgan fingerprint density at radius 2 is 2.08 bits per heavy atom. The number of methoxy groups -OCH3 is 1. The molecule has 1 heterocycles. The molecule has 0 aliphatic rings. The van der Waals surface area contributed by atoms with Gasteiger partial charge in [-0.05, 0) is 36.8 Å². The maximum atomic E-state index is 10.2. The Morgan fingerprint density at radius 3 is 2.73 bits per heavy atom. The van der Waals surface area contributed by atoms with Crippen LogP contribution < -0.4 is 15.4 Å². The van der Waals surface area contributed by atoms with Crippen molar-refractivity contribution in [3.63, 3.8) is 0 Å². The molecule has 5 nitrogen and oxygen atoms in total. The molecule has 0 saturated carbocycles. The van der Waals surface area contributed by atoms with E-state index in [4.69, 9.17) is 4.74 Å². The average molecular weight is 489 g/mol. The Hall–Kier alpha value is -1.48. The zero-order valence-electron chi connectivity index (χ0n) is 15.5. The lowest BCUT2D eigenvalue weighted by Gasteiger charge is -2.15. The van der Waals surface area contributed by atoms with E-state index in [-0.39, 0.29) is 29.7 Å². The van der Waals surface area contributed by atoms with Crippen molar-refractivity contribution in [1.82, 2.24) is 10.6 Å². The Bertz CT molecular complexity index is 677. The molecular formula is C19H28IN3O2S. The lowest BCUT2D eigenvalue weighted by Crippen LogP contribution is -2.39. The maximum Gasteiger partial charge on any atom is 0.191 e. The number of benzene rings is 1. The fraction of sp³-hybridized carbons (Fsp3) is 0.421. The van der Waals surface area contributed by atoms with E-state index in [0.29, 0.717) is 18.2 Å². The first-order valence-electron chi connectivity index (χ1n) is 8.53. The molecule has 1 aromatic heterocycles. The van der Waals surface area contributed by atoms with Crippen molar-refractivity contribution in [3.05, 3.63) is 46.2 Å². The molecule has 2 aromatic rings. The molecule has 0 bridgehead atoms. The first-order valence-corrected chi connectivity index (χ1v) is 9.41. The second-order valence-electron chi connectivity index (χ2n) is 5.93. The van der Waals surface area contributed by atoms with Crippen LogP contribution in [-0.2, 0) is 13.0 Å². The lowest BCUT2D eigenvalue weighted by atomic mass is 10.1. The number of thiophene rings is 1. The van der Waals surface area contributed by atoms with Gasteiger partial charge in [-0.1, -0.05) is 25.1 Å². The SMILES string of the molecule is CCNC(=NCc1cccc(OC)c1O)NCC(C)Cc1cccs1.I. The fourth-order valence-electron chi connectivity index (χ4n) is 2.48. The summed E-state index contributed by atoms with van der Waals surface area (Å²) >= 11 is 1.80. The molecule has 1 aromatic carbocycles. The van der Waals surface area contributed by atoms with Crippen LogP contribution in [0.4, 0.5) is 0 Å². The monoisotopic (exact) mass is 489 g/mol. The molecule has 0 saturated heterocycles. The smallest absolute Gasteiger partial charge is 0.191 e. The van der Waals surface area contributed by atoms with Gasteiger partial charge < -0.3 is 20.5 Å². The number of ether oxygens (including phenoxy) is 1. The predicted molar refractivity (Wildman–Crippen MR) is 120 cm³/mol. The number of hydrogen-bond donors (Lipinski definition) is 3. The van der Waals surface area contributed by atoms with E-state index in [9.17, 15) is 5.11 Å². The van der Waals surface area contributed by atoms with Crippen molar-refractivity contribution >= 4 is 41.3 Å². The molecule has 3 N–H and O–H groups in total. The number of guanidine groups is 1. The Balaban J connectivity index is 0.00000338. The molecule has 7 heteroatoms. The van der Waals surface area contributed by atoms with Crippen LogP contribution in [0.15, 0.2) is 40.7 Å². The number of aromatic hydroxyl groups is 1. The summed E-state index contributed by atoms with van der Waals surface area (Å²) in [6.45, 7) is 6.28. The zero-order chi connectivity index (χ0) is 18.1. The maximum absolute atomic E-state index is 10.2. The zero-order valence-corrected chi connectivity index (χ0v) is 18.6. The van der Waals surface area contributed by atoms with Crippen molar-refractivity contribution in [2.45, 2.75) is 26.8 Å². The summed E-state index contributed by atoms with van der Waals surface area (Å²) in [7, 11) is 1.54. The number of nitrogens with one attached hydrogen (secondary N) is 2. The average Bonchev–Trinajstić information content (AvgIpc) is 3.11. The number of aliphatic imine (C=N–C) groups is 1. The van der Waals surface area contributed by atoms with Crippen LogP contribution in [0.1, 0.15) is 24.3 Å². The van der Waals surface area contributed by atoms with Crippen LogP contribution in [0.5, 0.6) is 11.5 Å². The van der Waals surface area contributed by atoms with Crippen LogP contribution in [0.3, 0.4) is 0 Å². The van der Waals surface area contributed by atoms with Gasteiger partial charge in [-0.2, -0.15) is 0 Å². The van der Waals surface area contributed by atoms with E-state index in [1.165, 1.54) is 4.88 Å². The van der Waals surface area contributed by atoms with Gasteiger partial charge in [0.1, 0.15) is 0 Å². The van der Waals surface area contributed by atoms with E-state index in [2.05, 4.69) is 40.1 Å². The van der Waals surface area contributed by atoms with Crippen molar-refractivity contribution in [2.75, 3.05) is 20.2 Å². The number of nitrogens with zero attached hydrogens (tertiary/aromatic N) is 1. The summed E-state index contributed by atoms with van der Waals surface area (Å²) in [6.07, 6.45) is 1.06. The highest BCUT2D eigenvalue weighted by Gasteiger charge is 2.08. The fourth-order valence-corrected chi connectivity index (χ4v) is 3.35. The van der Waals surface area contributed by atoms with Crippen LogP contribution >= 0.6 is 35.3 Å². The number of phenols is 1. The topological polar surface area (TPSA) is 65.9 Å². The predicted octanol–water partition coefficient (Wildman–Crippen LogP) is 4.01. The van der Waals surface area contributed by atoms with Gasteiger partial charge in [0.15, 0.2) is 17.5 Å². The second kappa shape index (κ2) is 12.0. The third-order valence-electron chi connectivity index (χ3n) is 3.80. The van der Waals surface area contributed by atoms with Crippen molar-refractivity contribution < 1.29 is 9.84 Å². The minimum absolute atomic E-state index is 0. The summed E-state index contributed by atoms with van der Waals surface area (Å²) < 4.78 is 5.14. The van der Waals surface area contributed by atoms with Gasteiger partial charge in [0.05, 0.1) is 13.7 Å². The van der Waals surface area contributed by atoms with Gasteiger partial charge in [-0.25, -0.2) is 4.99 Å². The minimum Gasteiger partial charge on any atom is -0.504 e. The van der Waals surface area contributed by atoms with Crippen LogP contribution in [-0.4, -0.2) is 31.3 Å². The van der Waals surface area contributed by atoms with Crippen LogP contribution in [0.25, 0.3) is 0 Å². The summed E-state index contributed by atoms with van der Waals surface area (Å²) in [4.78, 5) is 5.97. The van der Waals surface area contributed by atoms with E-state index in [0.717, 1.165) is 31.0 Å². The molecule has 26 heavy (non-hydrogen) atoms. The second-order valence-corrected chi connectivity index (χ2v) is 6.96. The van der Waals surface area contributed by atoms with E-state index < -0.39 is 0 Å². The summed E-state index contributed by atoms with van der Waals surface area (Å²) in [6, 6.07) is 9.70. The van der Waals surface area contributed by atoms with Gasteiger partial charge in [0, 0.05) is 23.5 Å². The molecule has 0 aliphatic heterocycles. The van der Waals surface area contributed by atoms with Crippen LogP contribution in [0.2, 0.25) is 0 Å². The van der Waals surface area contributed by atoms with Crippen molar-refractivity contribution in [1.29, 1.82) is 0 Å². The number of phenolic OH excluding ortho intramolecular Hbond substituents is 1. The Kier molecular flexibility index (Phi) is 10.4. The molecule has 144 valence electrons. The largest absolute Gasteiger partial charge is 0.504 e. The third-order valence-corrected chi connectivity index (χ3v) is 4.70. The Morgan fingerprint density at radius 1 is 1.27 bits per heavy atom. The highest BCUT2D eigenvalue weighted by Crippen LogP contribution is 2.29. The minimum atomic E-state index is 0. The van der Waals surface area contributed by atoms with E-state index >= 15 is 0 Å². The normalized spacial score (nSPS) is 12.2. The summed E-state index contributed by atoms with van der Waals surface area (Å²) in [5, 5.41) is 18.9. The molecule has 0 spiro atoms. The molecule has 1 unspecified atom stereocenters. The van der Waals surface area contributed by atoms with E-state index in [1.807, 2.05) is 19.1 Å². The van der Waals surface area contributed by atoms with E-state index in [1.54, 1.807) is 24.5 Å². The first kappa shape index (κ1) is 22.6. The number of rotatable bonds is 8. The van der Waals surface area contributed by atoms with Crippen molar-refractivity contribution in [3.8, 4) is 11.5 Å². The quantitative estimate of drug-likeness (QED) is 0.298. The molecule has 0 fully saturated rings. The van der Waals surface area contributed by atoms with Gasteiger partial charge in [0.2, 0.25) is 0 Å². The third kappa shape index (κ3) is 7.03.